The van der Waals surface area contributed by atoms with Crippen LogP contribution >= 0.6 is 0 Å². The highest BCUT2D eigenvalue weighted by molar-refractivity contribution is 6.04. The second kappa shape index (κ2) is 8.39. The standard InChI is InChI=1S/C24H23N3O4/c1-15-23(16-5-9-19(29-2)10-6-16)26-22-12-8-18(14-27(15)22)25-24(28)17-7-11-20(30-3)21(13-17)31-4/h5-14H,1-4H3,(H,25,28). The smallest absolute Gasteiger partial charge is 0.255 e. The quantitative estimate of drug-likeness (QED) is 0.497. The fraction of sp³-hybridized carbons (Fsp3) is 0.167. The van der Waals surface area contributed by atoms with Gasteiger partial charge in [0.1, 0.15) is 11.4 Å². The number of hydrogen-bond donors (Lipinski definition) is 1. The minimum absolute atomic E-state index is 0.242. The van der Waals surface area contributed by atoms with Crippen LogP contribution in [0.5, 0.6) is 17.2 Å². The fourth-order valence-corrected chi connectivity index (χ4v) is 3.44. The lowest BCUT2D eigenvalue weighted by molar-refractivity contribution is 0.102. The first kappa shape index (κ1) is 20.3. The summed E-state index contributed by atoms with van der Waals surface area (Å²) in [6.07, 6.45) is 1.86. The predicted octanol–water partition coefficient (Wildman–Crippen LogP) is 4.59. The average molecular weight is 417 g/mol. The lowest BCUT2D eigenvalue weighted by atomic mass is 10.1. The number of ether oxygens (including phenoxy) is 3. The molecule has 7 heteroatoms. The lowest BCUT2D eigenvalue weighted by Crippen LogP contribution is -2.12. The van der Waals surface area contributed by atoms with Crippen molar-refractivity contribution in [2.75, 3.05) is 26.6 Å². The van der Waals surface area contributed by atoms with Gasteiger partial charge in [-0.1, -0.05) is 0 Å². The highest BCUT2D eigenvalue weighted by Crippen LogP contribution is 2.29. The van der Waals surface area contributed by atoms with Gasteiger partial charge in [-0.3, -0.25) is 4.79 Å². The first-order valence-corrected chi connectivity index (χ1v) is 9.70. The summed E-state index contributed by atoms with van der Waals surface area (Å²) in [5, 5.41) is 2.93. The van der Waals surface area contributed by atoms with Gasteiger partial charge in [0.2, 0.25) is 0 Å². The first-order chi connectivity index (χ1) is 15.0. The van der Waals surface area contributed by atoms with E-state index in [1.165, 1.54) is 7.11 Å². The van der Waals surface area contributed by atoms with Crippen LogP contribution in [0.1, 0.15) is 16.1 Å². The third-order valence-corrected chi connectivity index (χ3v) is 5.12. The van der Waals surface area contributed by atoms with Crippen molar-refractivity contribution in [3.8, 4) is 28.5 Å². The number of carbonyl (C=O) groups is 1. The number of aryl methyl sites for hydroxylation is 1. The first-order valence-electron chi connectivity index (χ1n) is 9.70. The van der Waals surface area contributed by atoms with Crippen LogP contribution in [0.3, 0.4) is 0 Å². The third kappa shape index (κ3) is 3.90. The molecule has 0 aliphatic rings. The highest BCUT2D eigenvalue weighted by Gasteiger charge is 2.14. The molecule has 2 heterocycles. The van der Waals surface area contributed by atoms with Crippen LogP contribution in [-0.2, 0) is 0 Å². The molecule has 31 heavy (non-hydrogen) atoms. The van der Waals surface area contributed by atoms with Crippen LogP contribution in [0.25, 0.3) is 16.9 Å². The number of rotatable bonds is 6. The van der Waals surface area contributed by atoms with Gasteiger partial charge in [-0.15, -0.1) is 0 Å². The molecular weight excluding hydrogens is 394 g/mol. The number of hydrogen-bond acceptors (Lipinski definition) is 5. The molecule has 0 bridgehead atoms. The summed E-state index contributed by atoms with van der Waals surface area (Å²) < 4.78 is 17.7. The molecule has 0 aliphatic heterocycles. The minimum atomic E-state index is -0.242. The maximum Gasteiger partial charge on any atom is 0.255 e. The van der Waals surface area contributed by atoms with E-state index < -0.39 is 0 Å². The van der Waals surface area contributed by atoms with E-state index in [0.717, 1.165) is 28.3 Å². The van der Waals surface area contributed by atoms with Gasteiger partial charge in [0.05, 0.1) is 32.7 Å². The summed E-state index contributed by atoms with van der Waals surface area (Å²) >= 11 is 0. The molecule has 1 N–H and O–H groups in total. The van der Waals surface area contributed by atoms with Gasteiger partial charge in [-0.25, -0.2) is 4.98 Å². The number of imidazole rings is 1. The Hall–Kier alpha value is -4.00. The fourth-order valence-electron chi connectivity index (χ4n) is 3.44. The number of pyridine rings is 1. The molecular formula is C24H23N3O4. The summed E-state index contributed by atoms with van der Waals surface area (Å²) in [4.78, 5) is 17.5. The molecule has 0 saturated heterocycles. The predicted molar refractivity (Wildman–Crippen MR) is 119 cm³/mol. The molecule has 1 amide bonds. The monoisotopic (exact) mass is 417 g/mol. The highest BCUT2D eigenvalue weighted by atomic mass is 16.5. The number of methoxy groups -OCH3 is 3. The van der Waals surface area contributed by atoms with E-state index in [9.17, 15) is 4.79 Å². The van der Waals surface area contributed by atoms with Crippen molar-refractivity contribution < 1.29 is 19.0 Å². The van der Waals surface area contributed by atoms with Crippen molar-refractivity contribution in [1.29, 1.82) is 0 Å². The van der Waals surface area contributed by atoms with Crippen LogP contribution < -0.4 is 19.5 Å². The SMILES string of the molecule is COc1ccc(-c2nc3ccc(NC(=O)c4ccc(OC)c(OC)c4)cn3c2C)cc1. The molecule has 0 aliphatic carbocycles. The van der Waals surface area contributed by atoms with Crippen molar-refractivity contribution in [1.82, 2.24) is 9.38 Å². The second-order valence-corrected chi connectivity index (χ2v) is 6.94. The van der Waals surface area contributed by atoms with Crippen LogP contribution in [0, 0.1) is 6.92 Å². The van der Waals surface area contributed by atoms with Crippen molar-refractivity contribution in [2.24, 2.45) is 0 Å². The van der Waals surface area contributed by atoms with Gasteiger partial charge in [0.25, 0.3) is 5.91 Å². The maximum atomic E-state index is 12.7. The van der Waals surface area contributed by atoms with Crippen molar-refractivity contribution >= 4 is 17.2 Å². The Balaban J connectivity index is 1.62. The number of amides is 1. The number of benzene rings is 2. The summed E-state index contributed by atoms with van der Waals surface area (Å²) in [7, 11) is 4.74. The van der Waals surface area contributed by atoms with E-state index in [2.05, 4.69) is 5.32 Å². The Morgan fingerprint density at radius 1 is 0.903 bits per heavy atom. The van der Waals surface area contributed by atoms with Gasteiger partial charge in [-0.05, 0) is 61.5 Å². The van der Waals surface area contributed by atoms with Crippen LogP contribution in [0.15, 0.2) is 60.8 Å². The molecule has 0 fully saturated rings. The van der Waals surface area contributed by atoms with E-state index in [4.69, 9.17) is 19.2 Å². The van der Waals surface area contributed by atoms with E-state index in [-0.39, 0.29) is 5.91 Å². The van der Waals surface area contributed by atoms with Crippen LogP contribution in [0.2, 0.25) is 0 Å². The van der Waals surface area contributed by atoms with E-state index in [1.807, 2.05) is 53.9 Å². The minimum Gasteiger partial charge on any atom is -0.497 e. The zero-order chi connectivity index (χ0) is 22.0. The third-order valence-electron chi connectivity index (χ3n) is 5.12. The summed E-state index contributed by atoms with van der Waals surface area (Å²) in [5.41, 5.74) is 4.78. The molecule has 2 aromatic carbocycles. The molecule has 0 atom stereocenters. The molecule has 0 saturated carbocycles. The lowest BCUT2D eigenvalue weighted by Gasteiger charge is -2.10. The summed E-state index contributed by atoms with van der Waals surface area (Å²) in [6, 6.07) is 16.5. The number of nitrogens with one attached hydrogen (secondary N) is 1. The van der Waals surface area contributed by atoms with Crippen molar-refractivity contribution in [2.45, 2.75) is 6.92 Å². The van der Waals surface area contributed by atoms with Crippen molar-refractivity contribution in [3.63, 3.8) is 0 Å². The number of nitrogens with zero attached hydrogens (tertiary/aromatic N) is 2. The largest absolute Gasteiger partial charge is 0.497 e. The molecule has 7 nitrogen and oxygen atoms in total. The number of fused-ring (bicyclic) bond motifs is 1. The van der Waals surface area contributed by atoms with Crippen LogP contribution in [0.4, 0.5) is 5.69 Å². The van der Waals surface area contributed by atoms with Gasteiger partial charge < -0.3 is 23.9 Å². The topological polar surface area (TPSA) is 74.1 Å². The van der Waals surface area contributed by atoms with Gasteiger partial charge in [0, 0.05) is 23.0 Å². The van der Waals surface area contributed by atoms with E-state index in [1.54, 1.807) is 32.4 Å². The van der Waals surface area contributed by atoms with E-state index in [0.29, 0.717) is 22.7 Å². The molecule has 0 radical (unpaired) electrons. The molecule has 0 spiro atoms. The molecule has 4 rings (SSSR count). The Bertz CT molecular complexity index is 1250. The molecule has 4 aromatic rings. The van der Waals surface area contributed by atoms with Gasteiger partial charge in [-0.2, -0.15) is 0 Å². The Morgan fingerprint density at radius 2 is 1.65 bits per heavy atom. The Morgan fingerprint density at radius 3 is 2.32 bits per heavy atom. The van der Waals surface area contributed by atoms with Crippen molar-refractivity contribution in [3.05, 3.63) is 72.1 Å². The molecule has 2 aromatic heterocycles. The zero-order valence-electron chi connectivity index (χ0n) is 17.8. The maximum absolute atomic E-state index is 12.7. The molecule has 0 unspecified atom stereocenters. The molecule has 158 valence electrons. The normalized spacial score (nSPS) is 10.7. The van der Waals surface area contributed by atoms with Crippen LogP contribution in [-0.4, -0.2) is 36.6 Å². The van der Waals surface area contributed by atoms with E-state index >= 15 is 0 Å². The number of anilines is 1. The number of carbonyl (C=O) groups excluding carboxylic acids is 1. The Labute approximate surface area is 180 Å². The summed E-state index contributed by atoms with van der Waals surface area (Å²) in [5.74, 6) is 1.62. The zero-order valence-corrected chi connectivity index (χ0v) is 17.8. The second-order valence-electron chi connectivity index (χ2n) is 6.94. The number of aromatic nitrogens is 2. The summed E-state index contributed by atoms with van der Waals surface area (Å²) in [6.45, 7) is 2.00. The average Bonchev–Trinajstić information content (AvgIpc) is 3.14. The van der Waals surface area contributed by atoms with Gasteiger partial charge >= 0.3 is 0 Å². The van der Waals surface area contributed by atoms with Gasteiger partial charge in [0.15, 0.2) is 11.5 Å². The Kier molecular flexibility index (Phi) is 5.49.